The number of furan rings is 1. The second-order valence-corrected chi connectivity index (χ2v) is 6.66. The zero-order valence-corrected chi connectivity index (χ0v) is 14.8. The lowest BCUT2D eigenvalue weighted by Gasteiger charge is -2.07. The molecule has 0 radical (unpaired) electrons. The van der Waals surface area contributed by atoms with Crippen molar-refractivity contribution in [1.29, 1.82) is 0 Å². The molecule has 3 nitrogen and oxygen atoms in total. The van der Waals surface area contributed by atoms with Gasteiger partial charge >= 0.3 is 0 Å². The van der Waals surface area contributed by atoms with E-state index in [1.54, 1.807) is 0 Å². The second kappa shape index (κ2) is 5.46. The van der Waals surface area contributed by atoms with Crippen molar-refractivity contribution in [2.75, 3.05) is 0 Å². The molecule has 3 heteroatoms. The molecule has 0 N–H and O–H groups in total. The summed E-state index contributed by atoms with van der Waals surface area (Å²) in [7, 11) is 2.04. The van der Waals surface area contributed by atoms with Crippen LogP contribution in [0.15, 0.2) is 47.0 Å². The maximum absolute atomic E-state index is 7.50. The smallest absolute Gasteiger partial charge is 0.229 e. The molecule has 25 heavy (non-hydrogen) atoms. The molecule has 4 rings (SSSR count). The SMILES string of the molecule is [C-]#[N+]c1cc(C)cc2c1oc1c(-c3cccc[n+]3C)c(C)cc(C)c12. The van der Waals surface area contributed by atoms with E-state index in [9.17, 15) is 0 Å². The van der Waals surface area contributed by atoms with Gasteiger partial charge in [0.25, 0.3) is 0 Å². The van der Waals surface area contributed by atoms with Gasteiger partial charge in [0.05, 0.1) is 12.1 Å². The summed E-state index contributed by atoms with van der Waals surface area (Å²) in [4.78, 5) is 3.68. The van der Waals surface area contributed by atoms with Crippen molar-refractivity contribution < 1.29 is 8.98 Å². The summed E-state index contributed by atoms with van der Waals surface area (Å²) in [6.45, 7) is 13.8. The summed E-state index contributed by atoms with van der Waals surface area (Å²) in [5.41, 5.74) is 7.74. The topological polar surface area (TPSA) is 21.4 Å². The van der Waals surface area contributed by atoms with Crippen LogP contribution in [-0.4, -0.2) is 0 Å². The minimum atomic E-state index is 0.576. The summed E-state index contributed by atoms with van der Waals surface area (Å²) in [6.07, 6.45) is 2.04. The number of benzene rings is 2. The monoisotopic (exact) mass is 327 g/mol. The minimum Gasteiger partial charge on any atom is -0.466 e. The molecule has 0 atom stereocenters. The normalized spacial score (nSPS) is 11.2. The molecule has 0 fully saturated rings. The van der Waals surface area contributed by atoms with E-state index in [4.69, 9.17) is 11.0 Å². The number of hydrogen-bond acceptors (Lipinski definition) is 1. The summed E-state index contributed by atoms with van der Waals surface area (Å²) < 4.78 is 8.41. The molecular weight excluding hydrogens is 308 g/mol. The molecule has 0 bridgehead atoms. The number of rotatable bonds is 1. The zero-order chi connectivity index (χ0) is 17.7. The number of aryl methyl sites for hydroxylation is 4. The van der Waals surface area contributed by atoms with Gasteiger partial charge in [-0.05, 0) is 44.0 Å². The Morgan fingerprint density at radius 2 is 1.80 bits per heavy atom. The van der Waals surface area contributed by atoms with Crippen LogP contribution in [0.4, 0.5) is 5.69 Å². The Morgan fingerprint density at radius 3 is 2.52 bits per heavy atom. The van der Waals surface area contributed by atoms with Gasteiger partial charge in [0.15, 0.2) is 6.20 Å². The second-order valence-electron chi connectivity index (χ2n) is 6.66. The van der Waals surface area contributed by atoms with Gasteiger partial charge in [-0.1, -0.05) is 17.7 Å². The quantitative estimate of drug-likeness (QED) is 0.331. The Bertz CT molecular complexity index is 1190. The van der Waals surface area contributed by atoms with E-state index < -0.39 is 0 Å². The van der Waals surface area contributed by atoms with E-state index in [2.05, 4.69) is 41.5 Å². The molecule has 0 saturated heterocycles. The highest BCUT2D eigenvalue weighted by atomic mass is 16.3. The third kappa shape index (κ3) is 2.22. The lowest BCUT2D eigenvalue weighted by Crippen LogP contribution is -2.30. The van der Waals surface area contributed by atoms with Crippen LogP contribution in [0, 0.1) is 27.3 Å². The van der Waals surface area contributed by atoms with E-state index in [0.717, 1.165) is 33.2 Å². The van der Waals surface area contributed by atoms with Crippen molar-refractivity contribution in [3.05, 3.63) is 70.7 Å². The van der Waals surface area contributed by atoms with E-state index in [1.165, 1.54) is 11.1 Å². The maximum Gasteiger partial charge on any atom is 0.229 e. The fraction of sp³-hybridized carbons (Fsp3) is 0.182. The fourth-order valence-corrected chi connectivity index (χ4v) is 3.72. The van der Waals surface area contributed by atoms with Crippen molar-refractivity contribution >= 4 is 27.6 Å². The molecule has 2 heterocycles. The third-order valence-corrected chi connectivity index (χ3v) is 4.79. The number of hydrogen-bond donors (Lipinski definition) is 0. The van der Waals surface area contributed by atoms with Crippen LogP contribution in [0.25, 0.3) is 38.0 Å². The fourth-order valence-electron chi connectivity index (χ4n) is 3.72. The lowest BCUT2D eigenvalue weighted by atomic mass is 9.96. The van der Waals surface area contributed by atoms with Crippen molar-refractivity contribution in [3.8, 4) is 11.3 Å². The first-order valence-corrected chi connectivity index (χ1v) is 8.31. The van der Waals surface area contributed by atoms with Crippen LogP contribution >= 0.6 is 0 Å². The third-order valence-electron chi connectivity index (χ3n) is 4.79. The van der Waals surface area contributed by atoms with Crippen LogP contribution < -0.4 is 4.57 Å². The van der Waals surface area contributed by atoms with Crippen LogP contribution in [0.2, 0.25) is 0 Å². The average molecular weight is 327 g/mol. The molecule has 0 amide bonds. The molecule has 0 spiro atoms. The summed E-state index contributed by atoms with van der Waals surface area (Å²) in [5.74, 6) is 0. The predicted octanol–water partition coefficient (Wildman–Crippen LogP) is 5.55. The molecule has 122 valence electrons. The highest BCUT2D eigenvalue weighted by Gasteiger charge is 2.22. The van der Waals surface area contributed by atoms with Crippen LogP contribution in [0.3, 0.4) is 0 Å². The van der Waals surface area contributed by atoms with E-state index >= 15 is 0 Å². The van der Waals surface area contributed by atoms with Gasteiger partial charge in [-0.2, -0.15) is 0 Å². The maximum atomic E-state index is 7.50. The average Bonchev–Trinajstić information content (AvgIpc) is 2.95. The number of nitrogens with zero attached hydrogens (tertiary/aromatic N) is 2. The molecule has 0 aliphatic heterocycles. The first kappa shape index (κ1) is 15.4. The van der Waals surface area contributed by atoms with Crippen molar-refractivity contribution in [3.63, 3.8) is 0 Å². The first-order valence-electron chi connectivity index (χ1n) is 8.31. The van der Waals surface area contributed by atoms with Gasteiger partial charge in [-0.15, -0.1) is 0 Å². The zero-order valence-electron chi connectivity index (χ0n) is 14.8. The summed E-state index contributed by atoms with van der Waals surface area (Å²) >= 11 is 0. The molecule has 2 aromatic heterocycles. The number of aromatic nitrogens is 1. The van der Waals surface area contributed by atoms with Gasteiger partial charge < -0.3 is 4.42 Å². The molecule has 2 aromatic carbocycles. The minimum absolute atomic E-state index is 0.576. The van der Waals surface area contributed by atoms with Gasteiger partial charge in [-0.3, -0.25) is 0 Å². The van der Waals surface area contributed by atoms with Gasteiger partial charge in [0.2, 0.25) is 11.4 Å². The predicted molar refractivity (Wildman–Crippen MR) is 101 cm³/mol. The Kier molecular flexibility index (Phi) is 3.36. The Labute approximate surface area is 147 Å². The molecule has 0 aliphatic rings. The van der Waals surface area contributed by atoms with Crippen molar-refractivity contribution in [2.24, 2.45) is 7.05 Å². The van der Waals surface area contributed by atoms with Crippen LogP contribution in [0.1, 0.15) is 16.7 Å². The molecule has 0 aliphatic carbocycles. The standard InChI is InChI=1S/C22H19N2O/c1-13-10-16-19-14(2)12-15(3)20(18-8-6-7-9-24(18)5)22(19)25-21(16)17(11-13)23-4/h6-12H,1-3,5H3/q+1. The van der Waals surface area contributed by atoms with E-state index in [1.807, 2.05) is 38.4 Å². The van der Waals surface area contributed by atoms with Crippen LogP contribution in [0.5, 0.6) is 0 Å². The van der Waals surface area contributed by atoms with Gasteiger partial charge in [-0.25, -0.2) is 9.41 Å². The number of fused-ring (bicyclic) bond motifs is 3. The van der Waals surface area contributed by atoms with Crippen LogP contribution in [-0.2, 0) is 7.05 Å². The highest BCUT2D eigenvalue weighted by molar-refractivity contribution is 6.14. The first-order chi connectivity index (χ1) is 12.0. The summed E-state index contributed by atoms with van der Waals surface area (Å²) in [5, 5.41) is 2.13. The largest absolute Gasteiger partial charge is 0.466 e. The Balaban J connectivity index is 2.25. The van der Waals surface area contributed by atoms with E-state index in [0.29, 0.717) is 11.3 Å². The van der Waals surface area contributed by atoms with Crippen molar-refractivity contribution in [2.45, 2.75) is 20.8 Å². The van der Waals surface area contributed by atoms with E-state index in [-0.39, 0.29) is 0 Å². The molecule has 4 aromatic rings. The molecule has 0 saturated carbocycles. The lowest BCUT2D eigenvalue weighted by molar-refractivity contribution is -0.660. The highest BCUT2D eigenvalue weighted by Crippen LogP contribution is 2.42. The summed E-state index contributed by atoms with van der Waals surface area (Å²) in [6, 6.07) is 12.4. The van der Waals surface area contributed by atoms with Crippen molar-refractivity contribution in [1.82, 2.24) is 0 Å². The molecule has 0 unspecified atom stereocenters. The molecular formula is C22H19N2O+. The van der Waals surface area contributed by atoms with Gasteiger partial charge in [0.1, 0.15) is 18.2 Å². The Morgan fingerprint density at radius 1 is 1.00 bits per heavy atom. The Hall–Kier alpha value is -3.12. The van der Waals surface area contributed by atoms with Gasteiger partial charge in [0, 0.05) is 22.9 Å². The number of pyridine rings is 1.